The Kier molecular flexibility index (Phi) is 4.56. The molecule has 0 unspecified atom stereocenters. The summed E-state index contributed by atoms with van der Waals surface area (Å²) in [6, 6.07) is 10.5. The van der Waals surface area contributed by atoms with Crippen LogP contribution in [-0.4, -0.2) is 50.9 Å². The second-order valence-electron chi connectivity index (χ2n) is 6.86. The summed E-state index contributed by atoms with van der Waals surface area (Å²) in [5.74, 6) is 0.265. The molecule has 25 heavy (non-hydrogen) atoms. The van der Waals surface area contributed by atoms with Gasteiger partial charge < -0.3 is 9.80 Å². The van der Waals surface area contributed by atoms with Crippen LogP contribution in [0.25, 0.3) is 0 Å². The number of fused-ring (bicyclic) bond motifs is 2. The van der Waals surface area contributed by atoms with E-state index in [2.05, 4.69) is 47.8 Å². The van der Waals surface area contributed by atoms with Crippen LogP contribution in [0.1, 0.15) is 23.9 Å². The number of thioether (sulfide) groups is 1. The van der Waals surface area contributed by atoms with Crippen LogP contribution >= 0.6 is 11.8 Å². The lowest BCUT2D eigenvalue weighted by Gasteiger charge is -2.29. The van der Waals surface area contributed by atoms with Crippen molar-refractivity contribution in [2.45, 2.75) is 43.1 Å². The lowest BCUT2D eigenvalue weighted by atomic mass is 10.1. The Morgan fingerprint density at radius 2 is 2.20 bits per heavy atom. The van der Waals surface area contributed by atoms with Gasteiger partial charge in [-0.15, -0.1) is 11.8 Å². The summed E-state index contributed by atoms with van der Waals surface area (Å²) in [6.07, 6.45) is 0.849. The number of aromatic nitrogens is 2. The van der Waals surface area contributed by atoms with Crippen LogP contribution in [0.3, 0.4) is 0 Å². The third kappa shape index (κ3) is 3.33. The second kappa shape index (κ2) is 6.84. The minimum Gasteiger partial charge on any atom is -0.334 e. The summed E-state index contributed by atoms with van der Waals surface area (Å²) in [5, 5.41) is 4.72. The molecule has 0 aliphatic carbocycles. The van der Waals surface area contributed by atoms with Crippen molar-refractivity contribution in [3.8, 4) is 0 Å². The highest BCUT2D eigenvalue weighted by molar-refractivity contribution is 8.01. The molecule has 132 valence electrons. The molecule has 1 atom stereocenters. The Morgan fingerprint density at radius 3 is 3.00 bits per heavy atom. The maximum Gasteiger partial charge on any atom is 0.236 e. The topological polar surface area (TPSA) is 41.4 Å². The predicted octanol–water partition coefficient (Wildman–Crippen LogP) is 2.39. The number of hydrogen-bond donors (Lipinski definition) is 0. The van der Waals surface area contributed by atoms with Crippen LogP contribution in [0.2, 0.25) is 0 Å². The van der Waals surface area contributed by atoms with Crippen molar-refractivity contribution in [1.82, 2.24) is 19.6 Å². The zero-order chi connectivity index (χ0) is 17.4. The quantitative estimate of drug-likeness (QED) is 0.844. The van der Waals surface area contributed by atoms with Gasteiger partial charge in [-0.2, -0.15) is 5.10 Å². The van der Waals surface area contributed by atoms with E-state index in [4.69, 9.17) is 5.10 Å². The van der Waals surface area contributed by atoms with E-state index in [-0.39, 0.29) is 11.2 Å². The Labute approximate surface area is 153 Å². The molecule has 6 heteroatoms. The molecule has 3 heterocycles. The van der Waals surface area contributed by atoms with Crippen molar-refractivity contribution in [3.63, 3.8) is 0 Å². The summed E-state index contributed by atoms with van der Waals surface area (Å²) in [5.41, 5.74) is 3.55. The minimum absolute atomic E-state index is 0.0255. The van der Waals surface area contributed by atoms with E-state index < -0.39 is 0 Å². The maximum atomic E-state index is 13.0. The zero-order valence-corrected chi connectivity index (χ0v) is 15.6. The van der Waals surface area contributed by atoms with Gasteiger partial charge in [0.25, 0.3) is 0 Å². The highest BCUT2D eigenvalue weighted by atomic mass is 32.2. The van der Waals surface area contributed by atoms with Gasteiger partial charge in [0.1, 0.15) is 0 Å². The molecule has 0 fully saturated rings. The van der Waals surface area contributed by atoms with Crippen LogP contribution in [0.15, 0.2) is 35.2 Å². The number of carbonyl (C=O) groups is 1. The Morgan fingerprint density at radius 1 is 1.36 bits per heavy atom. The Balaban J connectivity index is 1.43. The van der Waals surface area contributed by atoms with Crippen LogP contribution in [0.5, 0.6) is 0 Å². The van der Waals surface area contributed by atoms with Crippen LogP contribution in [0.4, 0.5) is 0 Å². The van der Waals surface area contributed by atoms with Gasteiger partial charge in [-0.3, -0.25) is 9.48 Å². The predicted molar refractivity (Wildman–Crippen MR) is 99.4 cm³/mol. The standard InChI is InChI=1S/C19H24N4OS/c1-3-21(2)12-15-11-16-13-22(8-9-23(16)20-15)19(24)18-10-14-6-4-5-7-17(14)25-18/h4-7,11,18H,3,8-10,12-13H2,1-2H3/t18-/m0/s1. The zero-order valence-electron chi connectivity index (χ0n) is 14.8. The Bertz CT molecular complexity index is 762. The molecule has 0 radical (unpaired) electrons. The van der Waals surface area contributed by atoms with Gasteiger partial charge in [-0.05, 0) is 37.7 Å². The maximum absolute atomic E-state index is 13.0. The third-order valence-corrected chi connectivity index (χ3v) is 6.36. The van der Waals surface area contributed by atoms with Crippen molar-refractivity contribution < 1.29 is 4.79 Å². The van der Waals surface area contributed by atoms with E-state index in [1.807, 2.05) is 11.0 Å². The smallest absolute Gasteiger partial charge is 0.236 e. The van der Waals surface area contributed by atoms with E-state index in [9.17, 15) is 4.79 Å². The van der Waals surface area contributed by atoms with Gasteiger partial charge in [0.15, 0.2) is 0 Å². The van der Waals surface area contributed by atoms with E-state index in [1.54, 1.807) is 11.8 Å². The number of carbonyl (C=O) groups excluding carboxylic acids is 1. The fourth-order valence-corrected chi connectivity index (χ4v) is 4.78. The molecule has 2 aliphatic rings. The Hall–Kier alpha value is -1.79. The van der Waals surface area contributed by atoms with E-state index in [1.165, 1.54) is 10.5 Å². The number of benzene rings is 1. The van der Waals surface area contributed by atoms with Gasteiger partial charge in [-0.1, -0.05) is 25.1 Å². The molecule has 1 aromatic carbocycles. The molecule has 2 aliphatic heterocycles. The molecule has 0 bridgehead atoms. The third-order valence-electron chi connectivity index (χ3n) is 5.05. The first kappa shape index (κ1) is 16.7. The van der Waals surface area contributed by atoms with Gasteiger partial charge in [0.05, 0.1) is 29.7 Å². The molecule has 0 saturated carbocycles. The van der Waals surface area contributed by atoms with Gasteiger partial charge in [-0.25, -0.2) is 0 Å². The highest BCUT2D eigenvalue weighted by Gasteiger charge is 2.33. The van der Waals surface area contributed by atoms with E-state index in [0.717, 1.165) is 44.0 Å². The van der Waals surface area contributed by atoms with Crippen molar-refractivity contribution >= 4 is 17.7 Å². The van der Waals surface area contributed by atoms with Crippen molar-refractivity contribution in [2.75, 3.05) is 20.1 Å². The van der Waals surface area contributed by atoms with Crippen LogP contribution in [0, 0.1) is 0 Å². The second-order valence-corrected chi connectivity index (χ2v) is 8.10. The van der Waals surface area contributed by atoms with Gasteiger partial charge in [0, 0.05) is 18.0 Å². The molecule has 0 spiro atoms. The van der Waals surface area contributed by atoms with Crippen molar-refractivity contribution in [1.29, 1.82) is 0 Å². The lowest BCUT2D eigenvalue weighted by Crippen LogP contribution is -2.42. The normalized spacial score (nSPS) is 19.2. The lowest BCUT2D eigenvalue weighted by molar-refractivity contribution is -0.132. The molecular weight excluding hydrogens is 332 g/mol. The fraction of sp³-hybridized carbons (Fsp3) is 0.474. The molecule has 0 N–H and O–H groups in total. The first-order valence-corrected chi connectivity index (χ1v) is 9.79. The average Bonchev–Trinajstić information content (AvgIpc) is 3.23. The summed E-state index contributed by atoms with van der Waals surface area (Å²) in [7, 11) is 2.10. The number of nitrogens with zero attached hydrogens (tertiary/aromatic N) is 4. The number of rotatable bonds is 4. The first-order valence-electron chi connectivity index (χ1n) is 8.91. The summed E-state index contributed by atoms with van der Waals surface area (Å²) in [6.45, 7) is 6.23. The van der Waals surface area contributed by atoms with Crippen LogP contribution < -0.4 is 0 Å². The number of amides is 1. The van der Waals surface area contributed by atoms with Crippen molar-refractivity contribution in [2.24, 2.45) is 0 Å². The molecule has 4 rings (SSSR count). The van der Waals surface area contributed by atoms with E-state index >= 15 is 0 Å². The average molecular weight is 356 g/mol. The first-order chi connectivity index (χ1) is 12.1. The van der Waals surface area contributed by atoms with Gasteiger partial charge in [0.2, 0.25) is 5.91 Å². The largest absolute Gasteiger partial charge is 0.334 e. The molecule has 1 aromatic heterocycles. The number of hydrogen-bond acceptors (Lipinski definition) is 4. The summed E-state index contributed by atoms with van der Waals surface area (Å²) >= 11 is 1.72. The summed E-state index contributed by atoms with van der Waals surface area (Å²) in [4.78, 5) is 18.5. The summed E-state index contributed by atoms with van der Waals surface area (Å²) < 4.78 is 2.07. The fourth-order valence-electron chi connectivity index (χ4n) is 3.50. The molecular formula is C19H24N4OS. The minimum atomic E-state index is 0.0255. The molecule has 1 amide bonds. The van der Waals surface area contributed by atoms with Crippen LogP contribution in [-0.2, 0) is 30.8 Å². The van der Waals surface area contributed by atoms with Gasteiger partial charge >= 0.3 is 0 Å². The molecule has 0 saturated heterocycles. The molecule has 5 nitrogen and oxygen atoms in total. The SMILES string of the molecule is CCN(C)Cc1cc2n(n1)CCN(C(=O)[C@@H]1Cc3ccccc3S1)C2. The van der Waals surface area contributed by atoms with E-state index in [0.29, 0.717) is 6.54 Å². The van der Waals surface area contributed by atoms with Crippen molar-refractivity contribution in [3.05, 3.63) is 47.3 Å². The monoisotopic (exact) mass is 356 g/mol. The molecule has 2 aromatic rings. The highest BCUT2D eigenvalue weighted by Crippen LogP contribution is 2.38.